The zero-order valence-electron chi connectivity index (χ0n) is 12.2. The molecule has 0 aromatic heterocycles. The first-order chi connectivity index (χ1) is 9.61. The molecule has 0 saturated heterocycles. The summed E-state index contributed by atoms with van der Waals surface area (Å²) >= 11 is 0. The minimum Gasteiger partial charge on any atom is -0.494 e. The van der Waals surface area contributed by atoms with E-state index in [1.165, 1.54) is 12.5 Å². The standard InChI is InChI=1S/C9H12O.C8H9NO/c1-3-10-9-6-4-5-8(2)7-9;1-7(10)9-8-5-3-2-4-6-8/h4-7H,3H2,1-2H3;2-6H,1H3,(H,9,10). The van der Waals surface area contributed by atoms with E-state index in [-0.39, 0.29) is 5.91 Å². The molecule has 0 bridgehead atoms. The van der Waals surface area contributed by atoms with Gasteiger partial charge in [0, 0.05) is 12.6 Å². The van der Waals surface area contributed by atoms with Gasteiger partial charge < -0.3 is 10.1 Å². The smallest absolute Gasteiger partial charge is 0.221 e. The Balaban J connectivity index is 0.000000200. The van der Waals surface area contributed by atoms with Gasteiger partial charge in [-0.05, 0) is 43.7 Å². The van der Waals surface area contributed by atoms with Crippen LogP contribution in [0.5, 0.6) is 5.75 Å². The summed E-state index contributed by atoms with van der Waals surface area (Å²) in [5.41, 5.74) is 2.08. The second kappa shape index (κ2) is 8.75. The van der Waals surface area contributed by atoms with E-state index in [0.717, 1.165) is 18.0 Å². The lowest BCUT2D eigenvalue weighted by molar-refractivity contribution is -0.114. The third-order valence-electron chi connectivity index (χ3n) is 2.39. The van der Waals surface area contributed by atoms with Gasteiger partial charge in [-0.15, -0.1) is 0 Å². The number of carbonyl (C=O) groups is 1. The lowest BCUT2D eigenvalue weighted by Crippen LogP contribution is -2.04. The van der Waals surface area contributed by atoms with Gasteiger partial charge >= 0.3 is 0 Å². The molecule has 0 aliphatic heterocycles. The van der Waals surface area contributed by atoms with E-state index in [2.05, 4.69) is 18.3 Å². The van der Waals surface area contributed by atoms with E-state index >= 15 is 0 Å². The molecule has 2 rings (SSSR count). The third-order valence-corrected chi connectivity index (χ3v) is 2.39. The number of rotatable bonds is 3. The quantitative estimate of drug-likeness (QED) is 0.915. The Morgan fingerprint density at radius 3 is 2.35 bits per heavy atom. The number of hydrogen-bond donors (Lipinski definition) is 1. The topological polar surface area (TPSA) is 38.3 Å². The van der Waals surface area contributed by atoms with Crippen LogP contribution >= 0.6 is 0 Å². The fourth-order valence-corrected chi connectivity index (χ4v) is 1.60. The number of hydrogen-bond acceptors (Lipinski definition) is 2. The highest BCUT2D eigenvalue weighted by atomic mass is 16.5. The van der Waals surface area contributed by atoms with E-state index in [1.54, 1.807) is 0 Å². The van der Waals surface area contributed by atoms with Crippen LogP contribution in [0.2, 0.25) is 0 Å². The molecule has 0 saturated carbocycles. The van der Waals surface area contributed by atoms with Crippen molar-refractivity contribution in [2.24, 2.45) is 0 Å². The Labute approximate surface area is 120 Å². The fraction of sp³-hybridized carbons (Fsp3) is 0.235. The van der Waals surface area contributed by atoms with E-state index in [0.29, 0.717) is 0 Å². The molecule has 0 spiro atoms. The average Bonchev–Trinajstić information content (AvgIpc) is 2.40. The predicted molar refractivity (Wildman–Crippen MR) is 83.1 cm³/mol. The molecule has 0 radical (unpaired) electrons. The van der Waals surface area contributed by atoms with E-state index in [1.807, 2.05) is 55.5 Å². The minimum atomic E-state index is -0.0359. The summed E-state index contributed by atoms with van der Waals surface area (Å²) in [6.07, 6.45) is 0. The molecule has 0 fully saturated rings. The zero-order valence-corrected chi connectivity index (χ0v) is 12.2. The van der Waals surface area contributed by atoms with Crippen LogP contribution in [0, 0.1) is 6.92 Å². The number of carbonyl (C=O) groups excluding carboxylic acids is 1. The molecule has 0 aliphatic carbocycles. The van der Waals surface area contributed by atoms with Gasteiger partial charge in [0.25, 0.3) is 0 Å². The van der Waals surface area contributed by atoms with Crippen LogP contribution in [0.4, 0.5) is 5.69 Å². The van der Waals surface area contributed by atoms with Gasteiger partial charge in [-0.25, -0.2) is 0 Å². The molecule has 106 valence electrons. The summed E-state index contributed by atoms with van der Waals surface area (Å²) in [5.74, 6) is 0.925. The molecule has 3 nitrogen and oxygen atoms in total. The Morgan fingerprint density at radius 1 is 1.10 bits per heavy atom. The molecule has 0 atom stereocenters. The second-order valence-electron chi connectivity index (χ2n) is 4.30. The monoisotopic (exact) mass is 271 g/mol. The number of nitrogens with one attached hydrogen (secondary N) is 1. The number of anilines is 1. The van der Waals surface area contributed by atoms with Gasteiger partial charge in [0.2, 0.25) is 5.91 Å². The van der Waals surface area contributed by atoms with Crippen molar-refractivity contribution in [3.05, 3.63) is 60.2 Å². The molecular formula is C17H21NO2. The largest absolute Gasteiger partial charge is 0.494 e. The van der Waals surface area contributed by atoms with Crippen LogP contribution in [0.1, 0.15) is 19.4 Å². The first kappa shape index (κ1) is 15.8. The average molecular weight is 271 g/mol. The number of amides is 1. The van der Waals surface area contributed by atoms with Crippen molar-refractivity contribution in [1.29, 1.82) is 0 Å². The summed E-state index contributed by atoms with van der Waals surface area (Å²) in [5, 5.41) is 2.67. The van der Waals surface area contributed by atoms with Crippen molar-refractivity contribution >= 4 is 11.6 Å². The first-order valence-electron chi connectivity index (χ1n) is 6.64. The van der Waals surface area contributed by atoms with Gasteiger partial charge in [-0.1, -0.05) is 30.3 Å². The molecule has 2 aromatic carbocycles. The van der Waals surface area contributed by atoms with Crippen molar-refractivity contribution < 1.29 is 9.53 Å². The lowest BCUT2D eigenvalue weighted by atomic mass is 10.2. The lowest BCUT2D eigenvalue weighted by Gasteiger charge is -2.01. The third kappa shape index (κ3) is 6.59. The van der Waals surface area contributed by atoms with E-state index < -0.39 is 0 Å². The van der Waals surface area contributed by atoms with Crippen LogP contribution in [-0.2, 0) is 4.79 Å². The summed E-state index contributed by atoms with van der Waals surface area (Å²) in [6.45, 7) is 6.28. The maximum atomic E-state index is 10.5. The molecular weight excluding hydrogens is 250 g/mol. The van der Waals surface area contributed by atoms with Gasteiger partial charge in [-0.2, -0.15) is 0 Å². The highest BCUT2D eigenvalue weighted by molar-refractivity contribution is 5.88. The van der Waals surface area contributed by atoms with Crippen LogP contribution in [0.25, 0.3) is 0 Å². The van der Waals surface area contributed by atoms with E-state index in [9.17, 15) is 4.79 Å². The maximum absolute atomic E-state index is 10.5. The summed E-state index contributed by atoms with van der Waals surface area (Å²) in [6, 6.07) is 17.4. The SMILES string of the molecule is CC(=O)Nc1ccccc1.CCOc1cccc(C)c1. The van der Waals surface area contributed by atoms with Crippen molar-refractivity contribution in [2.45, 2.75) is 20.8 Å². The summed E-state index contributed by atoms with van der Waals surface area (Å²) in [4.78, 5) is 10.5. The maximum Gasteiger partial charge on any atom is 0.221 e. The normalized spacial score (nSPS) is 9.15. The van der Waals surface area contributed by atoms with Crippen molar-refractivity contribution in [3.63, 3.8) is 0 Å². The van der Waals surface area contributed by atoms with Gasteiger partial charge in [0.1, 0.15) is 5.75 Å². The minimum absolute atomic E-state index is 0.0359. The molecule has 20 heavy (non-hydrogen) atoms. The van der Waals surface area contributed by atoms with Gasteiger partial charge in [0.05, 0.1) is 6.61 Å². The van der Waals surface area contributed by atoms with Gasteiger partial charge in [-0.3, -0.25) is 4.79 Å². The van der Waals surface area contributed by atoms with Crippen LogP contribution in [-0.4, -0.2) is 12.5 Å². The van der Waals surface area contributed by atoms with Gasteiger partial charge in [0.15, 0.2) is 0 Å². The molecule has 0 unspecified atom stereocenters. The molecule has 3 heteroatoms. The molecule has 0 heterocycles. The van der Waals surface area contributed by atoms with Crippen molar-refractivity contribution in [3.8, 4) is 5.75 Å². The highest BCUT2D eigenvalue weighted by Crippen LogP contribution is 2.11. The van der Waals surface area contributed by atoms with Crippen molar-refractivity contribution in [1.82, 2.24) is 0 Å². The summed E-state index contributed by atoms with van der Waals surface area (Å²) < 4.78 is 5.29. The Hall–Kier alpha value is -2.29. The first-order valence-corrected chi connectivity index (χ1v) is 6.64. The Bertz CT molecular complexity index is 524. The molecule has 1 amide bonds. The number of para-hydroxylation sites is 1. The molecule has 2 aromatic rings. The van der Waals surface area contributed by atoms with E-state index in [4.69, 9.17) is 4.74 Å². The zero-order chi connectivity index (χ0) is 14.8. The number of aryl methyl sites for hydroxylation is 1. The Kier molecular flexibility index (Phi) is 6.90. The molecule has 1 N–H and O–H groups in total. The second-order valence-corrected chi connectivity index (χ2v) is 4.30. The summed E-state index contributed by atoms with van der Waals surface area (Å²) in [7, 11) is 0. The fourth-order valence-electron chi connectivity index (χ4n) is 1.60. The van der Waals surface area contributed by atoms with Crippen LogP contribution in [0.3, 0.4) is 0 Å². The Morgan fingerprint density at radius 2 is 1.80 bits per heavy atom. The number of ether oxygens (including phenoxy) is 1. The van der Waals surface area contributed by atoms with Crippen LogP contribution < -0.4 is 10.1 Å². The van der Waals surface area contributed by atoms with Crippen molar-refractivity contribution in [2.75, 3.05) is 11.9 Å². The highest BCUT2D eigenvalue weighted by Gasteiger charge is 1.90. The molecule has 0 aliphatic rings. The predicted octanol–water partition coefficient (Wildman–Crippen LogP) is 4.04. The van der Waals surface area contributed by atoms with Crippen LogP contribution in [0.15, 0.2) is 54.6 Å². The number of benzene rings is 2.